The van der Waals surface area contributed by atoms with Crippen molar-refractivity contribution in [2.45, 2.75) is 12.0 Å². The molecule has 0 aromatic heterocycles. The molecule has 138 valence electrons. The Hall–Kier alpha value is -2.70. The van der Waals surface area contributed by atoms with Crippen LogP contribution in [0.1, 0.15) is 28.7 Å². The minimum atomic E-state index is -0.824. The van der Waals surface area contributed by atoms with Crippen LogP contribution < -0.4 is 14.2 Å². The van der Waals surface area contributed by atoms with E-state index in [0.717, 1.165) is 0 Å². The van der Waals surface area contributed by atoms with E-state index in [2.05, 4.69) is 0 Å². The molecule has 6 nitrogen and oxygen atoms in total. The quantitative estimate of drug-likeness (QED) is 0.761. The molecule has 0 saturated carbocycles. The van der Waals surface area contributed by atoms with Crippen molar-refractivity contribution in [1.82, 2.24) is 0 Å². The third-order valence-corrected chi connectivity index (χ3v) is 4.48. The summed E-state index contributed by atoms with van der Waals surface area (Å²) in [6.07, 6.45) is 2.44. The van der Waals surface area contributed by atoms with E-state index in [1.165, 1.54) is 7.11 Å². The van der Waals surface area contributed by atoms with Gasteiger partial charge in [-0.25, -0.2) is 0 Å². The summed E-state index contributed by atoms with van der Waals surface area (Å²) in [5.41, 5.74) is 1.99. The van der Waals surface area contributed by atoms with Gasteiger partial charge < -0.3 is 29.5 Å². The van der Waals surface area contributed by atoms with Gasteiger partial charge in [0.2, 0.25) is 0 Å². The first-order valence-corrected chi connectivity index (χ1v) is 8.26. The summed E-state index contributed by atoms with van der Waals surface area (Å²) in [4.78, 5) is 0. The lowest BCUT2D eigenvalue weighted by atomic mass is 9.86. The Bertz CT molecular complexity index is 814. The summed E-state index contributed by atoms with van der Waals surface area (Å²) in [6.45, 7) is 0.122. The number of aromatic hydroxyl groups is 1. The molecule has 0 amide bonds. The lowest BCUT2D eigenvalue weighted by Crippen LogP contribution is -2.24. The molecule has 0 fully saturated rings. The second kappa shape index (κ2) is 7.68. The summed E-state index contributed by atoms with van der Waals surface area (Å²) in [5.74, 6) is 1.08. The van der Waals surface area contributed by atoms with Crippen molar-refractivity contribution in [2.75, 3.05) is 27.4 Å². The number of methoxy groups -OCH3 is 2. The summed E-state index contributed by atoms with van der Waals surface area (Å²) >= 11 is 0. The molecule has 1 aliphatic heterocycles. The Labute approximate surface area is 151 Å². The van der Waals surface area contributed by atoms with Crippen LogP contribution in [0.15, 0.2) is 36.4 Å². The monoisotopic (exact) mass is 358 g/mol. The number of benzene rings is 2. The fourth-order valence-electron chi connectivity index (χ4n) is 3.20. The molecule has 0 bridgehead atoms. The molecule has 1 aliphatic rings. The highest BCUT2D eigenvalue weighted by Crippen LogP contribution is 2.46. The van der Waals surface area contributed by atoms with Crippen molar-refractivity contribution in [2.24, 2.45) is 0 Å². The van der Waals surface area contributed by atoms with Crippen molar-refractivity contribution in [3.8, 4) is 23.0 Å². The highest BCUT2D eigenvalue weighted by molar-refractivity contribution is 5.60. The van der Waals surface area contributed by atoms with Crippen molar-refractivity contribution < 1.29 is 29.5 Å². The van der Waals surface area contributed by atoms with Crippen LogP contribution in [0.2, 0.25) is 0 Å². The zero-order valence-corrected chi connectivity index (χ0v) is 14.7. The fourth-order valence-corrected chi connectivity index (χ4v) is 3.20. The second-order valence-corrected chi connectivity index (χ2v) is 6.01. The zero-order valence-electron chi connectivity index (χ0n) is 14.7. The van der Waals surface area contributed by atoms with Gasteiger partial charge in [-0.2, -0.15) is 0 Å². The normalized spacial score (nSPS) is 19.1. The number of aliphatic hydroxyl groups is 2. The Balaban J connectivity index is 2.02. The van der Waals surface area contributed by atoms with E-state index in [1.54, 1.807) is 43.5 Å². The molecule has 6 heteroatoms. The standard InChI is InChI=1S/C20H22O6/c1-24-13-5-6-14-18(10-13)26-11-16(19(14)23)15-8-12(4-3-7-21)9-17(22)20(15)25-2/h3-6,8-10,16,19,21-23H,7,11H2,1-2H3/b4-3+/t16-,19?/m0/s1. The van der Waals surface area contributed by atoms with Gasteiger partial charge in [0.05, 0.1) is 39.5 Å². The van der Waals surface area contributed by atoms with Crippen LogP contribution in [0.4, 0.5) is 0 Å². The van der Waals surface area contributed by atoms with E-state index >= 15 is 0 Å². The van der Waals surface area contributed by atoms with Gasteiger partial charge in [-0.1, -0.05) is 12.2 Å². The van der Waals surface area contributed by atoms with E-state index < -0.39 is 12.0 Å². The van der Waals surface area contributed by atoms with Crippen molar-refractivity contribution in [1.29, 1.82) is 0 Å². The van der Waals surface area contributed by atoms with Gasteiger partial charge in [0.15, 0.2) is 11.5 Å². The van der Waals surface area contributed by atoms with E-state index in [1.807, 2.05) is 6.07 Å². The van der Waals surface area contributed by atoms with E-state index in [4.69, 9.17) is 19.3 Å². The maximum atomic E-state index is 10.9. The predicted octanol–water partition coefficient (Wildman–Crippen LogP) is 2.62. The van der Waals surface area contributed by atoms with Gasteiger partial charge in [0, 0.05) is 17.2 Å². The SMILES string of the molecule is COc1ccc2c(c1)OC[C@@H](c1cc(/C=C/CO)cc(O)c1OC)C2O. The number of phenols is 1. The molecule has 0 spiro atoms. The molecular weight excluding hydrogens is 336 g/mol. The lowest BCUT2D eigenvalue weighted by Gasteiger charge is -2.32. The van der Waals surface area contributed by atoms with Gasteiger partial charge in [-0.15, -0.1) is 0 Å². The van der Waals surface area contributed by atoms with Crippen LogP contribution in [0, 0.1) is 0 Å². The number of aliphatic hydroxyl groups excluding tert-OH is 2. The van der Waals surface area contributed by atoms with E-state index in [9.17, 15) is 10.2 Å². The van der Waals surface area contributed by atoms with Crippen LogP contribution in [-0.4, -0.2) is 42.8 Å². The first-order chi connectivity index (χ1) is 12.6. The Morgan fingerprint density at radius 3 is 2.65 bits per heavy atom. The lowest BCUT2D eigenvalue weighted by molar-refractivity contribution is 0.0873. The molecule has 2 atom stereocenters. The highest BCUT2D eigenvalue weighted by atomic mass is 16.5. The molecule has 0 aliphatic carbocycles. The molecule has 2 aromatic carbocycles. The van der Waals surface area contributed by atoms with Crippen LogP contribution in [0.5, 0.6) is 23.0 Å². The molecular formula is C20H22O6. The van der Waals surface area contributed by atoms with Crippen LogP contribution in [-0.2, 0) is 0 Å². The van der Waals surface area contributed by atoms with Gasteiger partial charge >= 0.3 is 0 Å². The van der Waals surface area contributed by atoms with Gasteiger partial charge in [-0.05, 0) is 29.8 Å². The number of phenolic OH excluding ortho intramolecular Hbond substituents is 1. The largest absolute Gasteiger partial charge is 0.504 e. The van der Waals surface area contributed by atoms with Gasteiger partial charge in [0.1, 0.15) is 11.5 Å². The minimum absolute atomic E-state index is 0.0321. The Kier molecular flexibility index (Phi) is 5.35. The average molecular weight is 358 g/mol. The van der Waals surface area contributed by atoms with Gasteiger partial charge in [0.25, 0.3) is 0 Å². The number of hydrogen-bond acceptors (Lipinski definition) is 6. The number of ether oxygens (including phenoxy) is 3. The topological polar surface area (TPSA) is 88.4 Å². The number of hydrogen-bond donors (Lipinski definition) is 3. The fraction of sp³-hybridized carbons (Fsp3) is 0.300. The van der Waals surface area contributed by atoms with Crippen LogP contribution in [0.25, 0.3) is 6.08 Å². The highest BCUT2D eigenvalue weighted by Gasteiger charge is 2.33. The molecule has 2 aromatic rings. The average Bonchev–Trinajstić information content (AvgIpc) is 2.66. The molecule has 3 rings (SSSR count). The number of fused-ring (bicyclic) bond motifs is 1. The van der Waals surface area contributed by atoms with Crippen molar-refractivity contribution in [3.05, 3.63) is 53.1 Å². The maximum Gasteiger partial charge on any atom is 0.164 e. The van der Waals surface area contributed by atoms with Crippen molar-refractivity contribution >= 4 is 6.08 Å². The zero-order chi connectivity index (χ0) is 18.7. The second-order valence-electron chi connectivity index (χ2n) is 6.01. The van der Waals surface area contributed by atoms with Crippen LogP contribution >= 0.6 is 0 Å². The molecule has 1 unspecified atom stereocenters. The van der Waals surface area contributed by atoms with E-state index in [0.29, 0.717) is 33.9 Å². The van der Waals surface area contributed by atoms with Crippen LogP contribution in [0.3, 0.4) is 0 Å². The molecule has 0 radical (unpaired) electrons. The molecule has 0 saturated heterocycles. The molecule has 1 heterocycles. The third kappa shape index (κ3) is 3.34. The van der Waals surface area contributed by atoms with Crippen molar-refractivity contribution in [3.63, 3.8) is 0 Å². The summed E-state index contributed by atoms with van der Waals surface area (Å²) < 4.78 is 16.4. The molecule has 3 N–H and O–H groups in total. The smallest absolute Gasteiger partial charge is 0.164 e. The first kappa shape index (κ1) is 18.1. The first-order valence-electron chi connectivity index (χ1n) is 8.26. The molecule has 26 heavy (non-hydrogen) atoms. The Morgan fingerprint density at radius 1 is 1.15 bits per heavy atom. The summed E-state index contributed by atoms with van der Waals surface area (Å²) in [7, 11) is 3.04. The maximum absolute atomic E-state index is 10.9. The van der Waals surface area contributed by atoms with E-state index in [-0.39, 0.29) is 19.0 Å². The predicted molar refractivity (Wildman–Crippen MR) is 97.0 cm³/mol. The minimum Gasteiger partial charge on any atom is -0.504 e. The Morgan fingerprint density at radius 2 is 1.96 bits per heavy atom. The third-order valence-electron chi connectivity index (χ3n) is 4.48. The van der Waals surface area contributed by atoms with Gasteiger partial charge in [-0.3, -0.25) is 0 Å². The summed E-state index contributed by atoms with van der Waals surface area (Å²) in [6, 6.07) is 8.64. The summed E-state index contributed by atoms with van der Waals surface area (Å²) in [5, 5.41) is 30.2. The number of rotatable bonds is 5.